The molecule has 0 saturated carbocycles. The van der Waals surface area contributed by atoms with E-state index in [0.29, 0.717) is 52.6 Å². The van der Waals surface area contributed by atoms with Crippen molar-refractivity contribution >= 4 is 46.4 Å². The van der Waals surface area contributed by atoms with E-state index in [1.807, 2.05) is 11.0 Å². The quantitative estimate of drug-likeness (QED) is 0.207. The molecule has 1 aliphatic rings. The van der Waals surface area contributed by atoms with Gasteiger partial charge in [-0.3, -0.25) is 0 Å². The van der Waals surface area contributed by atoms with Gasteiger partial charge in [-0.25, -0.2) is 13.2 Å². The topological polar surface area (TPSA) is 85.9 Å². The average Bonchev–Trinajstić information content (AvgIpc) is 3.60. The molecule has 1 N–H and O–H groups in total. The van der Waals surface area contributed by atoms with E-state index in [9.17, 15) is 13.2 Å². The molecular weight excluding hydrogens is 598 g/mol. The number of H-pyrrole nitrogens is 1. The lowest BCUT2D eigenvalue weighted by atomic mass is 9.98. The summed E-state index contributed by atoms with van der Waals surface area (Å²) in [4.78, 5) is 12.9. The van der Waals surface area contributed by atoms with Crippen LogP contribution in [0.4, 0.5) is 19.0 Å². The molecule has 4 heterocycles. The smallest absolute Gasteiger partial charge is 0.255 e. The van der Waals surface area contributed by atoms with Crippen molar-refractivity contribution in [1.82, 2.24) is 24.6 Å². The van der Waals surface area contributed by atoms with Crippen LogP contribution in [0.5, 0.6) is 0 Å². The molecule has 0 unspecified atom stereocenters. The number of piperidine rings is 1. The zero-order valence-corrected chi connectivity index (χ0v) is 23.7. The first kappa shape index (κ1) is 28.7. The Morgan fingerprint density at radius 1 is 1.00 bits per heavy atom. The Balaban J connectivity index is 0.000000191. The van der Waals surface area contributed by atoms with Crippen LogP contribution in [0.25, 0.3) is 28.0 Å². The van der Waals surface area contributed by atoms with Crippen molar-refractivity contribution < 1.29 is 13.2 Å². The summed E-state index contributed by atoms with van der Waals surface area (Å²) in [5.74, 6) is -1.89. The lowest BCUT2D eigenvalue weighted by Crippen LogP contribution is -2.35. The maximum Gasteiger partial charge on any atom is 0.255 e. The van der Waals surface area contributed by atoms with Crippen LogP contribution in [0.1, 0.15) is 25.3 Å². The zero-order chi connectivity index (χ0) is 29.3. The van der Waals surface area contributed by atoms with Crippen molar-refractivity contribution in [2.45, 2.75) is 19.8 Å². The highest BCUT2D eigenvalue weighted by Gasteiger charge is 2.29. The van der Waals surface area contributed by atoms with Gasteiger partial charge in [0.1, 0.15) is 40.8 Å². The second kappa shape index (κ2) is 12.0. The molecule has 0 aliphatic carbocycles. The molecule has 1 aliphatic heterocycles. The van der Waals surface area contributed by atoms with Crippen molar-refractivity contribution in [3.05, 3.63) is 87.3 Å². The van der Waals surface area contributed by atoms with Crippen molar-refractivity contribution in [3.63, 3.8) is 0 Å². The number of hydrogen-bond donors (Lipinski definition) is 1. The van der Waals surface area contributed by atoms with Crippen LogP contribution in [-0.4, -0.2) is 37.7 Å². The van der Waals surface area contributed by atoms with E-state index in [2.05, 4.69) is 33.0 Å². The fourth-order valence-corrected chi connectivity index (χ4v) is 5.36. The van der Waals surface area contributed by atoms with E-state index >= 15 is 0 Å². The molecule has 7 nitrogen and oxygen atoms in total. The molecule has 1 fully saturated rings. The van der Waals surface area contributed by atoms with E-state index in [0.717, 1.165) is 24.0 Å². The van der Waals surface area contributed by atoms with Gasteiger partial charge in [-0.15, -0.1) is 0 Å². The number of aromatic nitrogens is 5. The maximum atomic E-state index is 14.5. The summed E-state index contributed by atoms with van der Waals surface area (Å²) in [6, 6.07) is 8.69. The van der Waals surface area contributed by atoms with Gasteiger partial charge in [-0.1, -0.05) is 53.9 Å². The molecule has 0 spiro atoms. The molecule has 5 aromatic rings. The third kappa shape index (κ3) is 5.71. The molecule has 0 radical (unpaired) electrons. The van der Waals surface area contributed by atoms with E-state index < -0.39 is 23.0 Å². The van der Waals surface area contributed by atoms with Crippen molar-refractivity contribution in [3.8, 4) is 28.3 Å². The number of halogens is 6. The molecular formula is C28H21Cl3F3N7. The van der Waals surface area contributed by atoms with Crippen molar-refractivity contribution in [2.75, 3.05) is 18.0 Å². The first-order chi connectivity index (χ1) is 19.7. The lowest BCUT2D eigenvalue weighted by molar-refractivity contribution is 0.435. The molecule has 0 amide bonds. The van der Waals surface area contributed by atoms with Crippen LogP contribution < -0.4 is 4.90 Å². The van der Waals surface area contributed by atoms with Crippen LogP contribution in [0.3, 0.4) is 0 Å². The summed E-state index contributed by atoms with van der Waals surface area (Å²) in [5.41, 5.74) is 1.72. The van der Waals surface area contributed by atoms with Crippen LogP contribution >= 0.6 is 34.8 Å². The van der Waals surface area contributed by atoms with E-state index in [1.165, 1.54) is 10.8 Å². The number of anilines is 1. The van der Waals surface area contributed by atoms with E-state index in [-0.39, 0.29) is 16.5 Å². The third-order valence-corrected chi connectivity index (χ3v) is 7.90. The Bertz CT molecular complexity index is 1750. The predicted octanol–water partition coefficient (Wildman–Crippen LogP) is 7.96. The predicted molar refractivity (Wildman–Crippen MR) is 153 cm³/mol. The lowest BCUT2D eigenvalue weighted by Gasteiger charge is -2.33. The second-order valence-corrected chi connectivity index (χ2v) is 10.6. The molecule has 3 aromatic heterocycles. The highest BCUT2D eigenvalue weighted by molar-refractivity contribution is 6.43. The normalized spacial score (nSPS) is 13.7. The van der Waals surface area contributed by atoms with Gasteiger partial charge in [-0.2, -0.15) is 24.8 Å². The molecule has 2 aromatic carbocycles. The minimum atomic E-state index is -1.04. The molecule has 6 rings (SSSR count). The van der Waals surface area contributed by atoms with Crippen LogP contribution in [0.15, 0.2) is 49.1 Å². The Hall–Kier alpha value is -3.78. The summed E-state index contributed by atoms with van der Waals surface area (Å²) in [6.45, 7) is 3.50. The number of nitriles is 1. The molecule has 41 heavy (non-hydrogen) atoms. The molecule has 0 atom stereocenters. The fraction of sp³-hybridized carbons (Fsp3) is 0.214. The number of aromatic amines is 1. The van der Waals surface area contributed by atoms with E-state index in [1.54, 1.807) is 24.5 Å². The van der Waals surface area contributed by atoms with Crippen molar-refractivity contribution in [2.24, 2.45) is 5.92 Å². The number of hydrogen-bond acceptors (Lipinski definition) is 5. The summed E-state index contributed by atoms with van der Waals surface area (Å²) >= 11 is 18.2. The fourth-order valence-electron chi connectivity index (χ4n) is 4.70. The minimum Gasteiger partial charge on any atom is -0.366 e. The molecule has 13 heteroatoms. The van der Waals surface area contributed by atoms with Crippen molar-refractivity contribution in [1.29, 1.82) is 5.26 Å². The van der Waals surface area contributed by atoms with Gasteiger partial charge < -0.3 is 9.88 Å². The SMILES string of the molecule is CC1CCN(c2c(-c3c(F)cc(F)cc3F)c(Cl)nc3ncnn23)CC1.N#Cc1c[nH]cc1-c1cccc(Cl)c1Cl. The summed E-state index contributed by atoms with van der Waals surface area (Å²) in [6.07, 6.45) is 6.51. The number of nitrogens with zero attached hydrogens (tertiary/aromatic N) is 6. The second-order valence-electron chi connectivity index (χ2n) is 9.48. The summed E-state index contributed by atoms with van der Waals surface area (Å²) in [7, 11) is 0. The monoisotopic (exact) mass is 617 g/mol. The number of rotatable bonds is 3. The van der Waals surface area contributed by atoms with Crippen LogP contribution in [0, 0.1) is 34.7 Å². The van der Waals surface area contributed by atoms with Gasteiger partial charge in [0.15, 0.2) is 0 Å². The average molecular weight is 619 g/mol. The van der Waals surface area contributed by atoms with Crippen LogP contribution in [-0.2, 0) is 0 Å². The number of fused-ring (bicyclic) bond motifs is 1. The van der Waals surface area contributed by atoms with Gasteiger partial charge in [0.05, 0.1) is 26.7 Å². The standard InChI is InChI=1S/C17H15ClF3N5.C11H6Cl2N2/c1-9-2-4-25(5-3-9)16-14(13-11(20)6-10(19)7-12(13)21)15(18)24-17-22-8-23-26(16)17;12-10-3-1-2-8(11(10)13)9-6-15-5-7(9)4-14/h6-9H,2-5H2,1H3;1-3,5-6,15H. The Morgan fingerprint density at radius 2 is 1.71 bits per heavy atom. The van der Waals surface area contributed by atoms with Gasteiger partial charge in [0, 0.05) is 48.7 Å². The number of benzene rings is 2. The van der Waals surface area contributed by atoms with E-state index in [4.69, 9.17) is 40.1 Å². The molecule has 1 saturated heterocycles. The van der Waals surface area contributed by atoms with Gasteiger partial charge in [0.25, 0.3) is 5.78 Å². The van der Waals surface area contributed by atoms with Gasteiger partial charge in [0.2, 0.25) is 0 Å². The largest absolute Gasteiger partial charge is 0.366 e. The molecule has 0 bridgehead atoms. The summed E-state index contributed by atoms with van der Waals surface area (Å²) in [5, 5.41) is 13.9. The Labute approximate surface area is 248 Å². The minimum absolute atomic E-state index is 0.0502. The Morgan fingerprint density at radius 3 is 2.39 bits per heavy atom. The highest BCUT2D eigenvalue weighted by Crippen LogP contribution is 2.40. The van der Waals surface area contributed by atoms with Crippen LogP contribution in [0.2, 0.25) is 15.2 Å². The maximum absolute atomic E-state index is 14.5. The number of nitrogens with one attached hydrogen (secondary N) is 1. The van der Waals surface area contributed by atoms with Gasteiger partial charge in [-0.05, 0) is 24.8 Å². The molecule has 210 valence electrons. The van der Waals surface area contributed by atoms with Gasteiger partial charge >= 0.3 is 0 Å². The third-order valence-electron chi connectivity index (χ3n) is 6.81. The first-order valence-electron chi connectivity index (χ1n) is 12.5. The Kier molecular flexibility index (Phi) is 8.40. The zero-order valence-electron chi connectivity index (χ0n) is 21.5. The first-order valence-corrected chi connectivity index (χ1v) is 13.6. The summed E-state index contributed by atoms with van der Waals surface area (Å²) < 4.78 is 43.7. The highest BCUT2D eigenvalue weighted by atomic mass is 35.5.